The summed E-state index contributed by atoms with van der Waals surface area (Å²) in [4.78, 5) is 14.6. The largest absolute Gasteiger partial charge is 0.390 e. The van der Waals surface area contributed by atoms with E-state index in [1.165, 1.54) is 0 Å². The highest BCUT2D eigenvalue weighted by atomic mass is 16.3. The standard InChI is InChI=1S/C16H25N3O2/c1-4-19-11-13(12(2)17-19)14(20)18-9-7-16(8-10-18)6-5-15(16,3)21/h11,21H,4-10H2,1-3H3. The minimum absolute atomic E-state index is 0.0480. The quantitative estimate of drug-likeness (QED) is 0.906. The predicted molar refractivity (Wildman–Crippen MR) is 80.1 cm³/mol. The highest BCUT2D eigenvalue weighted by Crippen LogP contribution is 2.56. The third kappa shape index (κ3) is 2.18. The average molecular weight is 291 g/mol. The number of hydrogen-bond donors (Lipinski definition) is 1. The summed E-state index contributed by atoms with van der Waals surface area (Å²) < 4.78 is 1.81. The Morgan fingerprint density at radius 1 is 1.33 bits per heavy atom. The van der Waals surface area contributed by atoms with Gasteiger partial charge >= 0.3 is 0 Å². The van der Waals surface area contributed by atoms with Gasteiger partial charge in [-0.3, -0.25) is 9.48 Å². The molecule has 1 amide bonds. The van der Waals surface area contributed by atoms with Crippen LogP contribution in [0.3, 0.4) is 0 Å². The number of aromatic nitrogens is 2. The first kappa shape index (κ1) is 14.6. The van der Waals surface area contributed by atoms with Gasteiger partial charge < -0.3 is 10.0 Å². The van der Waals surface area contributed by atoms with Crippen molar-refractivity contribution in [3.8, 4) is 0 Å². The van der Waals surface area contributed by atoms with Crippen LogP contribution in [0.15, 0.2) is 6.20 Å². The molecule has 3 rings (SSSR count). The summed E-state index contributed by atoms with van der Waals surface area (Å²) in [6, 6.07) is 0. The van der Waals surface area contributed by atoms with Crippen molar-refractivity contribution in [3.05, 3.63) is 17.5 Å². The van der Waals surface area contributed by atoms with E-state index in [-0.39, 0.29) is 11.3 Å². The molecule has 1 aliphatic heterocycles. The molecule has 1 unspecified atom stereocenters. The first-order valence-corrected chi connectivity index (χ1v) is 7.94. The number of carbonyl (C=O) groups is 1. The van der Waals surface area contributed by atoms with E-state index in [0.717, 1.165) is 51.0 Å². The third-order valence-electron chi connectivity index (χ3n) is 5.74. The van der Waals surface area contributed by atoms with Crippen molar-refractivity contribution < 1.29 is 9.90 Å². The van der Waals surface area contributed by atoms with Crippen LogP contribution >= 0.6 is 0 Å². The van der Waals surface area contributed by atoms with Gasteiger partial charge in [0.25, 0.3) is 5.91 Å². The van der Waals surface area contributed by atoms with E-state index in [0.29, 0.717) is 5.56 Å². The zero-order valence-corrected chi connectivity index (χ0v) is 13.2. The molecule has 116 valence electrons. The average Bonchev–Trinajstić information content (AvgIpc) is 2.86. The minimum Gasteiger partial charge on any atom is -0.390 e. The van der Waals surface area contributed by atoms with Crippen LogP contribution in [0.1, 0.15) is 55.6 Å². The Morgan fingerprint density at radius 3 is 2.43 bits per heavy atom. The number of likely N-dealkylation sites (tertiary alicyclic amines) is 1. The molecule has 1 aromatic heterocycles. The smallest absolute Gasteiger partial charge is 0.257 e. The molecule has 2 aliphatic rings. The SMILES string of the molecule is CCn1cc(C(=O)N2CCC3(CC2)CCC3(C)O)c(C)n1. The number of rotatable bonds is 2. The molecule has 2 heterocycles. The van der Waals surface area contributed by atoms with Crippen LogP contribution in [-0.4, -0.2) is 44.4 Å². The van der Waals surface area contributed by atoms with Crippen molar-refractivity contribution in [2.24, 2.45) is 5.41 Å². The van der Waals surface area contributed by atoms with Gasteiger partial charge in [0.05, 0.1) is 16.9 Å². The first-order valence-electron chi connectivity index (χ1n) is 7.94. The topological polar surface area (TPSA) is 58.4 Å². The molecular weight excluding hydrogens is 266 g/mol. The molecule has 2 fully saturated rings. The second kappa shape index (κ2) is 4.83. The molecule has 0 bridgehead atoms. The van der Waals surface area contributed by atoms with E-state index in [2.05, 4.69) is 5.10 Å². The van der Waals surface area contributed by atoms with E-state index in [4.69, 9.17) is 0 Å². The summed E-state index contributed by atoms with van der Waals surface area (Å²) in [5.74, 6) is 0.0843. The zero-order chi connectivity index (χ0) is 15.3. The number of aliphatic hydroxyl groups is 1. The van der Waals surface area contributed by atoms with Gasteiger partial charge in [-0.05, 0) is 46.5 Å². The van der Waals surface area contributed by atoms with E-state index >= 15 is 0 Å². The molecule has 0 aromatic carbocycles. The number of nitrogens with zero attached hydrogens (tertiary/aromatic N) is 3. The van der Waals surface area contributed by atoms with Crippen molar-refractivity contribution >= 4 is 5.91 Å². The molecular formula is C16H25N3O2. The Bertz CT molecular complexity index is 554. The lowest BCUT2D eigenvalue weighted by Gasteiger charge is -2.58. The van der Waals surface area contributed by atoms with E-state index in [1.54, 1.807) is 0 Å². The fraction of sp³-hybridized carbons (Fsp3) is 0.750. The third-order valence-corrected chi connectivity index (χ3v) is 5.74. The van der Waals surface area contributed by atoms with Gasteiger partial charge in [-0.1, -0.05) is 0 Å². The van der Waals surface area contributed by atoms with Crippen molar-refractivity contribution in [1.82, 2.24) is 14.7 Å². The lowest BCUT2D eigenvalue weighted by Crippen LogP contribution is -2.60. The van der Waals surface area contributed by atoms with Crippen LogP contribution in [-0.2, 0) is 6.54 Å². The minimum atomic E-state index is -0.537. The Kier molecular flexibility index (Phi) is 3.35. The number of piperidine rings is 1. The predicted octanol–water partition coefficient (Wildman–Crippen LogP) is 1.98. The van der Waals surface area contributed by atoms with Crippen molar-refractivity contribution in [1.29, 1.82) is 0 Å². The van der Waals surface area contributed by atoms with Crippen LogP contribution < -0.4 is 0 Å². The number of hydrogen-bond acceptors (Lipinski definition) is 3. The normalized spacial score (nSPS) is 27.7. The summed E-state index contributed by atoms with van der Waals surface area (Å²) in [6.07, 6.45) is 5.65. The van der Waals surface area contributed by atoms with Crippen LogP contribution in [0.2, 0.25) is 0 Å². The van der Waals surface area contributed by atoms with E-state index in [1.807, 2.05) is 36.5 Å². The Balaban J connectivity index is 1.69. The van der Waals surface area contributed by atoms with E-state index in [9.17, 15) is 9.90 Å². The maximum atomic E-state index is 12.6. The van der Waals surface area contributed by atoms with Gasteiger partial charge in [0.15, 0.2) is 0 Å². The van der Waals surface area contributed by atoms with Crippen LogP contribution in [0.25, 0.3) is 0 Å². The van der Waals surface area contributed by atoms with Crippen molar-refractivity contribution in [3.63, 3.8) is 0 Å². The molecule has 1 saturated carbocycles. The molecule has 1 spiro atoms. The summed E-state index contributed by atoms with van der Waals surface area (Å²) in [6.45, 7) is 8.12. The van der Waals surface area contributed by atoms with Crippen molar-refractivity contribution in [2.45, 2.75) is 58.6 Å². The second-order valence-corrected chi connectivity index (χ2v) is 6.83. The van der Waals surface area contributed by atoms with Crippen molar-refractivity contribution in [2.75, 3.05) is 13.1 Å². The monoisotopic (exact) mass is 291 g/mol. The molecule has 1 saturated heterocycles. The first-order chi connectivity index (χ1) is 9.88. The molecule has 1 aromatic rings. The molecule has 5 nitrogen and oxygen atoms in total. The lowest BCUT2D eigenvalue weighted by atomic mass is 9.53. The molecule has 21 heavy (non-hydrogen) atoms. The highest BCUT2D eigenvalue weighted by molar-refractivity contribution is 5.95. The summed E-state index contributed by atoms with van der Waals surface area (Å²) in [7, 11) is 0. The molecule has 1 aliphatic carbocycles. The fourth-order valence-corrected chi connectivity index (χ4v) is 3.83. The van der Waals surface area contributed by atoms with Gasteiger partial charge in [-0.2, -0.15) is 5.10 Å². The summed E-state index contributed by atoms with van der Waals surface area (Å²) in [5.41, 5.74) is 1.03. The zero-order valence-electron chi connectivity index (χ0n) is 13.2. The molecule has 1 atom stereocenters. The molecule has 5 heteroatoms. The van der Waals surface area contributed by atoms with Gasteiger partial charge in [-0.15, -0.1) is 0 Å². The van der Waals surface area contributed by atoms with E-state index < -0.39 is 5.60 Å². The van der Waals surface area contributed by atoms with Crippen LogP contribution in [0, 0.1) is 12.3 Å². The van der Waals surface area contributed by atoms with Gasteiger partial charge in [0.1, 0.15) is 0 Å². The molecule has 1 N–H and O–H groups in total. The van der Waals surface area contributed by atoms with Crippen LogP contribution in [0.4, 0.5) is 0 Å². The Morgan fingerprint density at radius 2 is 2.00 bits per heavy atom. The van der Waals surface area contributed by atoms with Gasteiger partial charge in [0, 0.05) is 31.2 Å². The summed E-state index contributed by atoms with van der Waals surface area (Å²) >= 11 is 0. The van der Waals surface area contributed by atoms with Gasteiger partial charge in [-0.25, -0.2) is 0 Å². The highest BCUT2D eigenvalue weighted by Gasteiger charge is 2.55. The number of carbonyl (C=O) groups excluding carboxylic acids is 1. The Labute approximate surface area is 125 Å². The lowest BCUT2D eigenvalue weighted by molar-refractivity contribution is -0.174. The fourth-order valence-electron chi connectivity index (χ4n) is 3.83. The molecule has 0 radical (unpaired) electrons. The Hall–Kier alpha value is -1.36. The number of aryl methyl sites for hydroxylation is 2. The maximum absolute atomic E-state index is 12.6. The van der Waals surface area contributed by atoms with Crippen LogP contribution in [0.5, 0.6) is 0 Å². The second-order valence-electron chi connectivity index (χ2n) is 6.83. The maximum Gasteiger partial charge on any atom is 0.257 e. The van der Waals surface area contributed by atoms with Gasteiger partial charge in [0.2, 0.25) is 0 Å². The number of amides is 1. The summed E-state index contributed by atoms with van der Waals surface area (Å²) in [5, 5.41) is 14.7.